The minimum absolute atomic E-state index is 0. The van der Waals surface area contributed by atoms with Crippen molar-refractivity contribution in [2.45, 2.75) is 57.4 Å². The highest BCUT2D eigenvalue weighted by atomic mass is 35.5. The number of nitrogens with one attached hydrogen (secondary N) is 1. The largest absolute Gasteiger partial charge is 0.353 e. The topological polar surface area (TPSA) is 55.1 Å². The van der Waals surface area contributed by atoms with E-state index in [4.69, 9.17) is 5.73 Å². The first kappa shape index (κ1) is 18.7. The van der Waals surface area contributed by atoms with Gasteiger partial charge in [-0.05, 0) is 68.4 Å². The molecule has 0 heterocycles. The first-order valence-corrected chi connectivity index (χ1v) is 9.76. The third-order valence-corrected chi connectivity index (χ3v) is 7.07. The number of amides is 1. The van der Waals surface area contributed by atoms with Crippen LogP contribution in [0.25, 0.3) is 0 Å². The molecule has 3 saturated carbocycles. The van der Waals surface area contributed by atoms with Crippen molar-refractivity contribution in [3.05, 3.63) is 35.9 Å². The molecule has 5 unspecified atom stereocenters. The van der Waals surface area contributed by atoms with Crippen molar-refractivity contribution in [1.82, 2.24) is 5.32 Å². The third kappa shape index (κ3) is 3.46. The van der Waals surface area contributed by atoms with E-state index in [-0.39, 0.29) is 17.8 Å². The molecule has 0 radical (unpaired) electrons. The SMILES string of the molecule is Cl.NCC1CCCC1NC(=O)C1(Cc2ccccc2)CC2CCC1C2. The van der Waals surface area contributed by atoms with Gasteiger partial charge in [-0.1, -0.05) is 43.2 Å². The molecule has 1 aromatic carbocycles. The maximum absolute atomic E-state index is 13.4. The summed E-state index contributed by atoms with van der Waals surface area (Å²) in [5, 5.41) is 3.45. The highest BCUT2D eigenvalue weighted by Gasteiger charge is 2.55. The molecule has 1 amide bonds. The van der Waals surface area contributed by atoms with Crippen LogP contribution in [0.4, 0.5) is 0 Å². The predicted octanol–water partition coefficient (Wildman–Crippen LogP) is 3.70. The zero-order chi connectivity index (χ0) is 16.6. The van der Waals surface area contributed by atoms with Gasteiger partial charge in [0.15, 0.2) is 0 Å². The van der Waals surface area contributed by atoms with Gasteiger partial charge in [-0.25, -0.2) is 0 Å². The molecule has 0 aliphatic heterocycles. The van der Waals surface area contributed by atoms with E-state index in [0.717, 1.165) is 25.2 Å². The highest BCUT2D eigenvalue weighted by molar-refractivity contribution is 5.85. The summed E-state index contributed by atoms with van der Waals surface area (Å²) in [7, 11) is 0. The van der Waals surface area contributed by atoms with Gasteiger partial charge in [0.1, 0.15) is 0 Å². The van der Waals surface area contributed by atoms with Gasteiger partial charge >= 0.3 is 0 Å². The molecular weight excluding hydrogens is 332 g/mol. The van der Waals surface area contributed by atoms with Gasteiger partial charge in [-0.15, -0.1) is 12.4 Å². The molecule has 5 atom stereocenters. The van der Waals surface area contributed by atoms with Crippen LogP contribution in [-0.4, -0.2) is 18.5 Å². The fraction of sp³-hybridized carbons (Fsp3) is 0.667. The Labute approximate surface area is 157 Å². The monoisotopic (exact) mass is 362 g/mol. The second-order valence-electron chi connectivity index (χ2n) is 8.41. The van der Waals surface area contributed by atoms with E-state index in [1.807, 2.05) is 0 Å². The summed E-state index contributed by atoms with van der Waals surface area (Å²) >= 11 is 0. The molecule has 25 heavy (non-hydrogen) atoms. The first-order chi connectivity index (χ1) is 11.7. The Morgan fingerprint density at radius 1 is 1.16 bits per heavy atom. The molecule has 4 heteroatoms. The summed E-state index contributed by atoms with van der Waals surface area (Å²) in [5.41, 5.74) is 7.05. The highest BCUT2D eigenvalue weighted by Crippen LogP contribution is 2.57. The maximum atomic E-state index is 13.4. The first-order valence-electron chi connectivity index (χ1n) is 9.76. The summed E-state index contributed by atoms with van der Waals surface area (Å²) in [6.45, 7) is 0.697. The maximum Gasteiger partial charge on any atom is 0.227 e. The fourth-order valence-corrected chi connectivity index (χ4v) is 5.80. The standard InChI is InChI=1S/C21H30N2O.ClH/c22-14-17-7-4-8-19(17)23-20(24)21(12-15-5-2-1-3-6-15)13-16-9-10-18(21)11-16;/h1-3,5-6,16-19H,4,7-14,22H2,(H,23,24);1H. The van der Waals surface area contributed by atoms with Crippen LogP contribution in [0.1, 0.15) is 50.5 Å². The Morgan fingerprint density at radius 3 is 2.60 bits per heavy atom. The van der Waals surface area contributed by atoms with Gasteiger partial charge in [0.05, 0.1) is 5.41 Å². The van der Waals surface area contributed by atoms with Gasteiger partial charge in [0.2, 0.25) is 5.91 Å². The number of rotatable bonds is 5. The van der Waals surface area contributed by atoms with Crippen LogP contribution < -0.4 is 11.1 Å². The Balaban J connectivity index is 0.00000182. The van der Waals surface area contributed by atoms with Gasteiger partial charge in [0.25, 0.3) is 0 Å². The summed E-state index contributed by atoms with van der Waals surface area (Å²) < 4.78 is 0. The van der Waals surface area contributed by atoms with Crippen molar-refractivity contribution in [2.24, 2.45) is 28.9 Å². The number of nitrogens with two attached hydrogens (primary N) is 1. The van der Waals surface area contributed by atoms with Crippen molar-refractivity contribution in [2.75, 3.05) is 6.54 Å². The molecule has 3 nitrogen and oxygen atoms in total. The van der Waals surface area contributed by atoms with Crippen LogP contribution in [-0.2, 0) is 11.2 Å². The summed E-state index contributed by atoms with van der Waals surface area (Å²) in [6.07, 6.45) is 9.26. The number of halogens is 1. The van der Waals surface area contributed by atoms with Crippen molar-refractivity contribution < 1.29 is 4.79 Å². The second-order valence-corrected chi connectivity index (χ2v) is 8.41. The van der Waals surface area contributed by atoms with Crippen LogP contribution in [0.15, 0.2) is 30.3 Å². The van der Waals surface area contributed by atoms with E-state index < -0.39 is 0 Å². The van der Waals surface area contributed by atoms with Gasteiger partial charge in [-0.2, -0.15) is 0 Å². The van der Waals surface area contributed by atoms with Crippen molar-refractivity contribution >= 4 is 18.3 Å². The molecule has 4 rings (SSSR count). The van der Waals surface area contributed by atoms with Gasteiger partial charge < -0.3 is 11.1 Å². The zero-order valence-electron chi connectivity index (χ0n) is 15.0. The summed E-state index contributed by atoms with van der Waals surface area (Å²) in [4.78, 5) is 13.4. The number of carbonyl (C=O) groups is 1. The van der Waals surface area contributed by atoms with E-state index in [2.05, 4.69) is 35.6 Å². The number of hydrogen-bond donors (Lipinski definition) is 2. The van der Waals surface area contributed by atoms with E-state index in [1.165, 1.54) is 37.7 Å². The average Bonchev–Trinajstić information content (AvgIpc) is 3.31. The van der Waals surface area contributed by atoms with E-state index >= 15 is 0 Å². The Kier molecular flexibility index (Phi) is 5.75. The van der Waals surface area contributed by atoms with E-state index in [0.29, 0.717) is 30.3 Å². The molecular formula is C21H31ClN2O. The normalized spacial score (nSPS) is 36.2. The molecule has 138 valence electrons. The lowest BCUT2D eigenvalue weighted by molar-refractivity contribution is -0.135. The molecule has 3 N–H and O–H groups in total. The van der Waals surface area contributed by atoms with Gasteiger partial charge in [-0.3, -0.25) is 4.79 Å². The van der Waals surface area contributed by atoms with E-state index in [9.17, 15) is 4.79 Å². The molecule has 2 bridgehead atoms. The average molecular weight is 363 g/mol. The Bertz CT molecular complexity index is 593. The zero-order valence-corrected chi connectivity index (χ0v) is 15.8. The lowest BCUT2D eigenvalue weighted by atomic mass is 9.68. The summed E-state index contributed by atoms with van der Waals surface area (Å²) in [6, 6.07) is 10.9. The quantitative estimate of drug-likeness (QED) is 0.839. The molecule has 0 saturated heterocycles. The molecule has 3 aliphatic carbocycles. The van der Waals surface area contributed by atoms with Crippen molar-refractivity contribution in [3.8, 4) is 0 Å². The summed E-state index contributed by atoms with van der Waals surface area (Å²) in [5.74, 6) is 2.13. The van der Waals surface area contributed by atoms with Crippen LogP contribution in [0.3, 0.4) is 0 Å². The molecule has 0 spiro atoms. The lowest BCUT2D eigenvalue weighted by Gasteiger charge is -2.38. The van der Waals surface area contributed by atoms with Crippen molar-refractivity contribution in [3.63, 3.8) is 0 Å². The van der Waals surface area contributed by atoms with Crippen molar-refractivity contribution in [1.29, 1.82) is 0 Å². The minimum Gasteiger partial charge on any atom is -0.353 e. The third-order valence-electron chi connectivity index (χ3n) is 7.07. The smallest absolute Gasteiger partial charge is 0.227 e. The van der Waals surface area contributed by atoms with Crippen LogP contribution in [0.5, 0.6) is 0 Å². The van der Waals surface area contributed by atoms with Crippen LogP contribution in [0, 0.1) is 23.2 Å². The second kappa shape index (κ2) is 7.67. The number of fused-ring (bicyclic) bond motifs is 2. The Morgan fingerprint density at radius 2 is 1.96 bits per heavy atom. The Hall–Kier alpha value is -1.06. The molecule has 0 aromatic heterocycles. The fourth-order valence-electron chi connectivity index (χ4n) is 5.80. The molecule has 3 aliphatic rings. The number of benzene rings is 1. The number of carbonyl (C=O) groups excluding carboxylic acids is 1. The van der Waals surface area contributed by atoms with Gasteiger partial charge in [0, 0.05) is 6.04 Å². The van der Waals surface area contributed by atoms with Crippen LogP contribution >= 0.6 is 12.4 Å². The molecule has 1 aromatic rings. The molecule has 3 fully saturated rings. The minimum atomic E-state index is -0.175. The number of hydrogen-bond acceptors (Lipinski definition) is 2. The van der Waals surface area contributed by atoms with E-state index in [1.54, 1.807) is 0 Å². The lowest BCUT2D eigenvalue weighted by Crippen LogP contribution is -2.51. The van der Waals surface area contributed by atoms with Crippen LogP contribution in [0.2, 0.25) is 0 Å². The predicted molar refractivity (Wildman–Crippen MR) is 104 cm³/mol.